The van der Waals surface area contributed by atoms with Crippen molar-refractivity contribution >= 4 is 11.8 Å². The van der Waals surface area contributed by atoms with E-state index in [0.717, 1.165) is 0 Å². The average Bonchev–Trinajstić information content (AvgIpc) is 2.47. The summed E-state index contributed by atoms with van der Waals surface area (Å²) in [6.07, 6.45) is 0. The van der Waals surface area contributed by atoms with Crippen LogP contribution >= 0.6 is 0 Å². The summed E-state index contributed by atoms with van der Waals surface area (Å²) in [5, 5.41) is 2.74. The van der Waals surface area contributed by atoms with E-state index in [2.05, 4.69) is 10.7 Å². The van der Waals surface area contributed by atoms with Gasteiger partial charge in [0.15, 0.2) is 0 Å². The number of hydrogen-bond acceptors (Lipinski definition) is 5. The Hall–Kier alpha value is -2.12. The molecule has 0 aromatic heterocycles. The van der Waals surface area contributed by atoms with Crippen molar-refractivity contribution in [2.45, 2.75) is 6.92 Å². The van der Waals surface area contributed by atoms with Crippen LogP contribution in [0.2, 0.25) is 0 Å². The maximum absolute atomic E-state index is 11.4. The van der Waals surface area contributed by atoms with Crippen molar-refractivity contribution in [2.75, 3.05) is 33.3 Å². The first-order valence-corrected chi connectivity index (χ1v) is 6.75. The molecule has 0 unspecified atom stereocenters. The summed E-state index contributed by atoms with van der Waals surface area (Å²) < 4.78 is 5.55. The lowest BCUT2D eigenvalue weighted by Crippen LogP contribution is -2.36. The van der Waals surface area contributed by atoms with Crippen LogP contribution in [0.5, 0.6) is 5.75 Å². The number of nitrogens with two attached hydrogens (primary N) is 1. The molecule has 116 valence electrons. The predicted molar refractivity (Wildman–Crippen MR) is 79.8 cm³/mol. The summed E-state index contributed by atoms with van der Waals surface area (Å²) in [5.74, 6) is 5.36. The van der Waals surface area contributed by atoms with E-state index in [1.54, 1.807) is 24.3 Å². The first kappa shape index (κ1) is 16.9. The third-order valence-corrected chi connectivity index (χ3v) is 2.78. The second-order valence-corrected chi connectivity index (χ2v) is 4.54. The van der Waals surface area contributed by atoms with Crippen LogP contribution in [0.4, 0.5) is 0 Å². The van der Waals surface area contributed by atoms with Gasteiger partial charge in [0.25, 0.3) is 5.91 Å². The zero-order chi connectivity index (χ0) is 15.7. The van der Waals surface area contributed by atoms with Gasteiger partial charge in [-0.05, 0) is 38.2 Å². The average molecular weight is 294 g/mol. The first-order chi connectivity index (χ1) is 10.1. The Kier molecular flexibility index (Phi) is 7.20. The zero-order valence-electron chi connectivity index (χ0n) is 12.4. The van der Waals surface area contributed by atoms with E-state index in [1.807, 2.05) is 18.9 Å². The molecule has 1 rings (SSSR count). The Balaban J connectivity index is 2.32. The number of nitrogens with zero attached hydrogens (tertiary/aromatic N) is 1. The molecule has 0 saturated carbocycles. The van der Waals surface area contributed by atoms with Crippen molar-refractivity contribution in [2.24, 2.45) is 5.84 Å². The number of hydrazine groups is 1. The molecule has 1 aromatic carbocycles. The molecule has 0 aliphatic heterocycles. The molecule has 21 heavy (non-hydrogen) atoms. The fourth-order valence-corrected chi connectivity index (χ4v) is 1.68. The van der Waals surface area contributed by atoms with Gasteiger partial charge in [0.2, 0.25) is 5.91 Å². The van der Waals surface area contributed by atoms with Crippen molar-refractivity contribution in [3.05, 3.63) is 29.8 Å². The van der Waals surface area contributed by atoms with E-state index in [1.165, 1.54) is 0 Å². The maximum atomic E-state index is 11.4. The van der Waals surface area contributed by atoms with E-state index in [9.17, 15) is 9.59 Å². The van der Waals surface area contributed by atoms with Gasteiger partial charge in [-0.15, -0.1) is 0 Å². The quantitative estimate of drug-likeness (QED) is 0.349. The molecule has 4 N–H and O–H groups in total. The Morgan fingerprint density at radius 2 is 1.95 bits per heavy atom. The van der Waals surface area contributed by atoms with Gasteiger partial charge in [0.1, 0.15) is 12.4 Å². The number of benzene rings is 1. The van der Waals surface area contributed by atoms with Crippen LogP contribution in [0.3, 0.4) is 0 Å². The smallest absolute Gasteiger partial charge is 0.265 e. The first-order valence-electron chi connectivity index (χ1n) is 6.75. The molecule has 0 atom stereocenters. The monoisotopic (exact) mass is 294 g/mol. The van der Waals surface area contributed by atoms with Gasteiger partial charge in [-0.25, -0.2) is 5.84 Å². The summed E-state index contributed by atoms with van der Waals surface area (Å²) in [6.45, 7) is 3.94. The van der Waals surface area contributed by atoms with Crippen LogP contribution in [0.1, 0.15) is 17.3 Å². The number of rotatable bonds is 8. The molecular formula is C14H22N4O3. The molecule has 0 saturated heterocycles. The van der Waals surface area contributed by atoms with Crippen LogP contribution in [0.25, 0.3) is 0 Å². The van der Waals surface area contributed by atoms with Gasteiger partial charge in [0.05, 0.1) is 6.54 Å². The van der Waals surface area contributed by atoms with Gasteiger partial charge < -0.3 is 10.1 Å². The summed E-state index contributed by atoms with van der Waals surface area (Å²) in [6, 6.07) is 6.68. The molecule has 0 radical (unpaired) electrons. The molecule has 7 nitrogen and oxygen atoms in total. The van der Waals surface area contributed by atoms with E-state index in [4.69, 9.17) is 10.6 Å². The van der Waals surface area contributed by atoms with E-state index in [-0.39, 0.29) is 11.8 Å². The van der Waals surface area contributed by atoms with Crippen molar-refractivity contribution in [1.29, 1.82) is 0 Å². The van der Waals surface area contributed by atoms with Gasteiger partial charge in [-0.2, -0.15) is 0 Å². The highest BCUT2D eigenvalue weighted by atomic mass is 16.5. The second-order valence-electron chi connectivity index (χ2n) is 4.54. The van der Waals surface area contributed by atoms with Crippen molar-refractivity contribution < 1.29 is 14.3 Å². The molecule has 0 bridgehead atoms. The fourth-order valence-electron chi connectivity index (χ4n) is 1.68. The molecule has 0 aliphatic carbocycles. The summed E-state index contributed by atoms with van der Waals surface area (Å²) in [4.78, 5) is 24.5. The lowest BCUT2D eigenvalue weighted by atomic mass is 10.2. The standard InChI is InChI=1S/C14H22N4O3/c1-3-16-13(19)10-18(2)8-9-21-12-6-4-11(5-7-12)14(20)17-15/h4-7H,3,8-10,15H2,1-2H3,(H,16,19)(H,17,20). The number of amides is 2. The summed E-state index contributed by atoms with van der Waals surface area (Å²) >= 11 is 0. The van der Waals surface area contributed by atoms with Gasteiger partial charge in [-0.1, -0.05) is 0 Å². The third-order valence-electron chi connectivity index (χ3n) is 2.78. The zero-order valence-corrected chi connectivity index (χ0v) is 12.4. The normalized spacial score (nSPS) is 10.3. The number of likely N-dealkylation sites (N-methyl/N-ethyl adjacent to an activating group) is 2. The van der Waals surface area contributed by atoms with E-state index in [0.29, 0.717) is 37.6 Å². The molecule has 2 amide bonds. The number of ether oxygens (including phenoxy) is 1. The Morgan fingerprint density at radius 3 is 2.52 bits per heavy atom. The summed E-state index contributed by atoms with van der Waals surface area (Å²) in [7, 11) is 1.85. The predicted octanol–water partition coefficient (Wildman–Crippen LogP) is -0.263. The molecule has 7 heteroatoms. The Morgan fingerprint density at radius 1 is 1.29 bits per heavy atom. The van der Waals surface area contributed by atoms with Crippen LogP contribution in [0, 0.1) is 0 Å². The molecule has 1 aromatic rings. The highest BCUT2D eigenvalue weighted by Crippen LogP contribution is 2.11. The fraction of sp³-hybridized carbons (Fsp3) is 0.429. The van der Waals surface area contributed by atoms with Crippen LogP contribution in [-0.4, -0.2) is 50.0 Å². The number of carbonyl (C=O) groups is 2. The Labute approximate surface area is 124 Å². The lowest BCUT2D eigenvalue weighted by molar-refractivity contribution is -0.121. The minimum atomic E-state index is -0.344. The van der Waals surface area contributed by atoms with Crippen LogP contribution in [0.15, 0.2) is 24.3 Å². The maximum Gasteiger partial charge on any atom is 0.265 e. The number of carbonyl (C=O) groups excluding carboxylic acids is 2. The molecule has 0 heterocycles. The SMILES string of the molecule is CCNC(=O)CN(C)CCOc1ccc(C(=O)NN)cc1. The second kappa shape index (κ2) is 8.93. The van der Waals surface area contributed by atoms with Gasteiger partial charge in [-0.3, -0.25) is 19.9 Å². The van der Waals surface area contributed by atoms with Gasteiger partial charge >= 0.3 is 0 Å². The Bertz CT molecular complexity index is 462. The number of nitrogens with one attached hydrogen (secondary N) is 2. The molecular weight excluding hydrogens is 272 g/mol. The summed E-state index contributed by atoms with van der Waals surface area (Å²) in [5.41, 5.74) is 2.53. The number of nitrogen functional groups attached to an aromatic ring is 1. The van der Waals surface area contributed by atoms with E-state index >= 15 is 0 Å². The van der Waals surface area contributed by atoms with E-state index < -0.39 is 0 Å². The molecule has 0 spiro atoms. The lowest BCUT2D eigenvalue weighted by Gasteiger charge is -2.16. The van der Waals surface area contributed by atoms with Crippen molar-refractivity contribution in [1.82, 2.24) is 15.6 Å². The van der Waals surface area contributed by atoms with Crippen molar-refractivity contribution in [3.8, 4) is 5.75 Å². The molecule has 0 fully saturated rings. The number of hydrogen-bond donors (Lipinski definition) is 3. The highest BCUT2D eigenvalue weighted by Gasteiger charge is 2.06. The van der Waals surface area contributed by atoms with Crippen LogP contribution in [-0.2, 0) is 4.79 Å². The highest BCUT2D eigenvalue weighted by molar-refractivity contribution is 5.93. The minimum Gasteiger partial charge on any atom is -0.492 e. The third kappa shape index (κ3) is 6.24. The minimum absolute atomic E-state index is 0.00264. The largest absolute Gasteiger partial charge is 0.492 e. The molecule has 0 aliphatic rings. The van der Waals surface area contributed by atoms with Crippen LogP contribution < -0.4 is 21.3 Å². The van der Waals surface area contributed by atoms with Gasteiger partial charge in [0, 0.05) is 18.7 Å². The topological polar surface area (TPSA) is 96.7 Å². The van der Waals surface area contributed by atoms with Crippen molar-refractivity contribution in [3.63, 3.8) is 0 Å².